The number of ether oxygens (including phenoxy) is 3. The molecule has 1 aromatic carbocycles. The second kappa shape index (κ2) is 9.52. The predicted octanol–water partition coefficient (Wildman–Crippen LogP) is 4.66. The van der Waals surface area contributed by atoms with Crippen molar-refractivity contribution in [3.63, 3.8) is 0 Å². The number of aryl methyl sites for hydroxylation is 1. The third kappa shape index (κ3) is 4.86. The number of nitrogens with zero attached hydrogens (tertiary/aromatic N) is 1. The van der Waals surface area contributed by atoms with Gasteiger partial charge < -0.3 is 14.2 Å². The Morgan fingerprint density at radius 3 is 2.48 bits per heavy atom. The Morgan fingerprint density at radius 2 is 1.84 bits per heavy atom. The second-order valence-corrected chi connectivity index (χ2v) is 5.53. The van der Waals surface area contributed by atoms with Crippen LogP contribution in [0, 0.1) is 6.92 Å². The average molecular weight is 339 g/mol. The van der Waals surface area contributed by atoms with Crippen molar-refractivity contribution in [3.8, 4) is 17.4 Å². The summed E-state index contributed by atoms with van der Waals surface area (Å²) in [6.45, 7) is 6.14. The Balaban J connectivity index is 2.30. The number of pyridine rings is 1. The molecule has 0 amide bonds. The molecule has 0 atom stereocenters. The fraction of sp³-hybridized carbons (Fsp3) is 0.286. The van der Waals surface area contributed by atoms with Crippen molar-refractivity contribution < 1.29 is 14.2 Å². The van der Waals surface area contributed by atoms with Crippen molar-refractivity contribution in [1.82, 2.24) is 4.98 Å². The molecular weight excluding hydrogens is 314 g/mol. The maximum atomic E-state index is 6.08. The van der Waals surface area contributed by atoms with Crippen LogP contribution in [0.15, 0.2) is 55.1 Å². The molecule has 0 N–H and O–H groups in total. The molecule has 0 spiro atoms. The summed E-state index contributed by atoms with van der Waals surface area (Å²) >= 11 is 0. The predicted molar refractivity (Wildman–Crippen MR) is 101 cm³/mol. The van der Waals surface area contributed by atoms with Crippen molar-refractivity contribution >= 4 is 0 Å². The van der Waals surface area contributed by atoms with E-state index in [1.54, 1.807) is 20.3 Å². The molecule has 2 rings (SSSR count). The van der Waals surface area contributed by atoms with Gasteiger partial charge in [-0.05, 0) is 25.3 Å². The normalized spacial score (nSPS) is 10.7. The Kier molecular flexibility index (Phi) is 7.08. The van der Waals surface area contributed by atoms with Crippen molar-refractivity contribution in [2.45, 2.75) is 26.4 Å². The molecule has 0 saturated heterocycles. The minimum atomic E-state index is 0.443. The molecule has 0 fully saturated rings. The molecule has 25 heavy (non-hydrogen) atoms. The van der Waals surface area contributed by atoms with Gasteiger partial charge in [-0.1, -0.05) is 55.1 Å². The maximum Gasteiger partial charge on any atom is 0.261 e. The van der Waals surface area contributed by atoms with E-state index in [4.69, 9.17) is 14.2 Å². The zero-order valence-electron chi connectivity index (χ0n) is 15.1. The number of rotatable bonds is 9. The van der Waals surface area contributed by atoms with E-state index in [0.717, 1.165) is 29.7 Å². The highest BCUT2D eigenvalue weighted by Crippen LogP contribution is 2.40. The highest BCUT2D eigenvalue weighted by molar-refractivity contribution is 5.54. The molecule has 0 unspecified atom stereocenters. The molecule has 2 aromatic rings. The third-order valence-corrected chi connectivity index (χ3v) is 3.85. The van der Waals surface area contributed by atoms with Gasteiger partial charge in [0.15, 0.2) is 5.75 Å². The monoisotopic (exact) mass is 339 g/mol. The van der Waals surface area contributed by atoms with Gasteiger partial charge in [0, 0.05) is 5.56 Å². The molecule has 1 heterocycles. The van der Waals surface area contributed by atoms with Crippen LogP contribution in [-0.4, -0.2) is 19.2 Å². The van der Waals surface area contributed by atoms with E-state index in [1.165, 1.54) is 0 Å². The lowest BCUT2D eigenvalue weighted by atomic mass is 10.1. The van der Waals surface area contributed by atoms with Gasteiger partial charge in [0.2, 0.25) is 5.75 Å². The number of allylic oxidation sites excluding steroid dienone is 3. The van der Waals surface area contributed by atoms with E-state index >= 15 is 0 Å². The summed E-state index contributed by atoms with van der Waals surface area (Å²) in [6, 6.07) is 10.0. The van der Waals surface area contributed by atoms with Crippen LogP contribution in [0.25, 0.3) is 0 Å². The number of aromatic nitrogens is 1. The van der Waals surface area contributed by atoms with Crippen molar-refractivity contribution in [3.05, 3.63) is 72.0 Å². The molecule has 0 saturated carbocycles. The second-order valence-electron chi connectivity index (χ2n) is 5.53. The number of hydrogen-bond acceptors (Lipinski definition) is 4. The topological polar surface area (TPSA) is 40.6 Å². The maximum absolute atomic E-state index is 6.08. The van der Waals surface area contributed by atoms with E-state index < -0.39 is 0 Å². The highest BCUT2D eigenvalue weighted by atomic mass is 16.5. The zero-order valence-corrected chi connectivity index (χ0v) is 15.1. The lowest BCUT2D eigenvalue weighted by Crippen LogP contribution is -2.06. The minimum absolute atomic E-state index is 0.443. The van der Waals surface area contributed by atoms with Gasteiger partial charge in [-0.3, -0.25) is 0 Å². The molecule has 1 aromatic heterocycles. The van der Waals surface area contributed by atoms with Crippen LogP contribution >= 0.6 is 0 Å². The molecule has 0 aliphatic heterocycles. The Labute approximate surface area is 149 Å². The van der Waals surface area contributed by atoms with Crippen LogP contribution in [0.3, 0.4) is 0 Å². The van der Waals surface area contributed by atoms with Gasteiger partial charge in [0.05, 0.1) is 19.9 Å². The SMILES string of the molecule is C=C/C=C/CCc1nc(OC)c(OC)c(OCc2ccccc2)c1C. The van der Waals surface area contributed by atoms with Crippen molar-refractivity contribution in [2.75, 3.05) is 14.2 Å². The van der Waals surface area contributed by atoms with Gasteiger partial charge in [-0.25, -0.2) is 4.98 Å². The Bertz CT molecular complexity index is 724. The van der Waals surface area contributed by atoms with Crippen LogP contribution in [-0.2, 0) is 13.0 Å². The highest BCUT2D eigenvalue weighted by Gasteiger charge is 2.20. The average Bonchev–Trinajstić information content (AvgIpc) is 2.65. The first-order valence-electron chi connectivity index (χ1n) is 8.27. The molecule has 0 radical (unpaired) electrons. The summed E-state index contributed by atoms with van der Waals surface area (Å²) in [5.41, 5.74) is 3.00. The van der Waals surface area contributed by atoms with Crippen molar-refractivity contribution in [2.24, 2.45) is 0 Å². The summed E-state index contributed by atoms with van der Waals surface area (Å²) in [6.07, 6.45) is 7.42. The first-order chi connectivity index (χ1) is 12.2. The minimum Gasteiger partial charge on any atom is -0.489 e. The molecule has 0 aliphatic carbocycles. The van der Waals surface area contributed by atoms with Gasteiger partial charge in [0.25, 0.3) is 5.88 Å². The fourth-order valence-electron chi connectivity index (χ4n) is 2.53. The summed E-state index contributed by atoms with van der Waals surface area (Å²) in [5, 5.41) is 0. The molecular formula is C21H25NO3. The summed E-state index contributed by atoms with van der Waals surface area (Å²) in [7, 11) is 3.18. The van der Waals surface area contributed by atoms with Crippen LogP contribution in [0.5, 0.6) is 17.4 Å². The smallest absolute Gasteiger partial charge is 0.261 e. The molecule has 4 nitrogen and oxygen atoms in total. The van der Waals surface area contributed by atoms with Gasteiger partial charge in [-0.2, -0.15) is 0 Å². The van der Waals surface area contributed by atoms with E-state index in [-0.39, 0.29) is 0 Å². The first-order valence-corrected chi connectivity index (χ1v) is 8.27. The fourth-order valence-corrected chi connectivity index (χ4v) is 2.53. The molecule has 132 valence electrons. The summed E-state index contributed by atoms with van der Waals surface area (Å²) in [5.74, 6) is 1.65. The lowest BCUT2D eigenvalue weighted by molar-refractivity contribution is 0.269. The zero-order chi connectivity index (χ0) is 18.1. The summed E-state index contributed by atoms with van der Waals surface area (Å²) in [4.78, 5) is 4.59. The summed E-state index contributed by atoms with van der Waals surface area (Å²) < 4.78 is 17.0. The van der Waals surface area contributed by atoms with Crippen LogP contribution in [0.1, 0.15) is 23.2 Å². The third-order valence-electron chi connectivity index (χ3n) is 3.85. The molecule has 0 bridgehead atoms. The Hall–Kier alpha value is -2.75. The quantitative estimate of drug-likeness (QED) is 0.623. The number of benzene rings is 1. The van der Waals surface area contributed by atoms with Gasteiger partial charge in [0.1, 0.15) is 6.61 Å². The largest absolute Gasteiger partial charge is 0.489 e. The standard InChI is InChI=1S/C21H25NO3/c1-5-6-7-11-14-18-16(2)19(20(23-3)21(22-18)24-4)25-15-17-12-9-8-10-13-17/h5-10,12-13H,1,11,14-15H2,2-4H3/b7-6+. The van der Waals surface area contributed by atoms with Crippen LogP contribution in [0.2, 0.25) is 0 Å². The van der Waals surface area contributed by atoms with Gasteiger partial charge >= 0.3 is 0 Å². The Morgan fingerprint density at radius 1 is 1.08 bits per heavy atom. The van der Waals surface area contributed by atoms with Gasteiger partial charge in [-0.15, -0.1) is 0 Å². The van der Waals surface area contributed by atoms with Crippen molar-refractivity contribution in [1.29, 1.82) is 0 Å². The number of hydrogen-bond donors (Lipinski definition) is 0. The molecule has 4 heteroatoms. The lowest BCUT2D eigenvalue weighted by Gasteiger charge is -2.18. The van der Waals surface area contributed by atoms with Crippen LogP contribution < -0.4 is 14.2 Å². The molecule has 0 aliphatic rings. The van der Waals surface area contributed by atoms with E-state index in [1.807, 2.05) is 43.3 Å². The number of methoxy groups -OCH3 is 2. The van der Waals surface area contributed by atoms with E-state index in [9.17, 15) is 0 Å². The van der Waals surface area contributed by atoms with E-state index in [2.05, 4.69) is 17.6 Å². The van der Waals surface area contributed by atoms with E-state index in [0.29, 0.717) is 24.0 Å². The first kappa shape index (κ1) is 18.6. The van der Waals surface area contributed by atoms with Crippen LogP contribution in [0.4, 0.5) is 0 Å².